The second kappa shape index (κ2) is 45.1. The molecule has 3 fully saturated rings. The maximum Gasteiger partial charge on any atom is 0.333 e. The second-order valence-corrected chi connectivity index (χ2v) is 33.2. The molecule has 6 unspecified atom stereocenters. The predicted octanol–water partition coefficient (Wildman–Crippen LogP) is -3.19. The van der Waals surface area contributed by atoms with Gasteiger partial charge >= 0.3 is 5.97 Å². The summed E-state index contributed by atoms with van der Waals surface area (Å²) in [4.78, 5) is 159. The second-order valence-electron chi connectivity index (χ2n) is 33.2. The number of phenols is 4. The zero-order valence-electron chi connectivity index (χ0n) is 73.0. The first-order valence-corrected chi connectivity index (χ1v) is 41.5. The lowest BCUT2D eigenvalue weighted by atomic mass is 9.72. The molecule has 0 aromatic heterocycles. The Kier molecular flexibility index (Phi) is 37.1. The largest absolute Gasteiger partial charge is 0.507 e. The molecule has 0 bridgehead atoms. The van der Waals surface area contributed by atoms with Crippen molar-refractivity contribution in [1.29, 1.82) is 0 Å². The molecular formula is C86H125N13O29. The number of carbonyl (C=O) groups excluding carboxylic acids is 12. The number of Topliss-reactive ketones (excluding diaryl/α,β-unsaturated/α-hetero) is 3. The normalized spacial score (nSPS) is 24.6. The number of likely N-dealkylation sites (N-methyl/N-ethyl adjacent to an activating group) is 5. The number of fused-ring (bicyclic) bond motifs is 6. The standard InChI is InChI=1S/C35H36N2O16.C35H41NO13.C10H27N5.C5H17N5.CH4/c1-14-30(44)17(36-21(40)6-9-24(43)53-37-22(41)7-8-23(37)42)10-25(51-14)52-19-12-35(49,20(39)13-38)11-16-27(19)34(48)29-28(32(16)46)31(45)15-4-3-5-18(50-2)26(15)33(29)47;1-15-29(41)18(36-23(40)10-9-21(38)34(2,3)4)11-24(48-15)49-20-13-35(46,22(39)14-37)12-17-26(20)33(45)28-27(31(17)43)30(42)16-7-6-8-19(47-5)25(16)32(28)44;1-11-6-8(13-3)10(15-5)9(14-4)7-12-2;6-1-3(8)5(10)4(9)2-7;/h3-5,14,17,19,25,30,38,44,46,48-49H,6-13H2,1-2H3,(H,36,40);6-8,15,18,20,24,29,37,41,43,45-46H,9-14H2,1-5H3,(H,36,40);8-15H,6-7H2,1-5H3;3-5H,1-2,6-10H2;1H4/t14-,17-,19-,25?,30+,35-;15-,18-,20-,24?,29+,35-;;;/m00.../s1. The summed E-state index contributed by atoms with van der Waals surface area (Å²) in [7, 11) is 12.5. The molecule has 16 atom stereocenters. The van der Waals surface area contributed by atoms with Crippen LogP contribution in [0.3, 0.4) is 0 Å². The number of imide groups is 1. The number of hydroxylamine groups is 2. The van der Waals surface area contributed by atoms with Crippen LogP contribution in [0.5, 0.6) is 34.5 Å². The third kappa shape index (κ3) is 22.9. The summed E-state index contributed by atoms with van der Waals surface area (Å²) >= 11 is 0. The fraction of sp³-hybridized carbons (Fsp3) is 0.581. The first-order valence-electron chi connectivity index (χ1n) is 41.5. The third-order valence-corrected chi connectivity index (χ3v) is 23.7. The van der Waals surface area contributed by atoms with Crippen molar-refractivity contribution in [1.82, 2.24) is 42.3 Å². The zero-order chi connectivity index (χ0) is 94.5. The lowest BCUT2D eigenvalue weighted by molar-refractivity contribution is -0.249. The zero-order valence-corrected chi connectivity index (χ0v) is 73.0. The summed E-state index contributed by atoms with van der Waals surface area (Å²) < 4.78 is 34.6. The van der Waals surface area contributed by atoms with Gasteiger partial charge in [-0.3, -0.25) is 52.7 Å². The number of carbonyl (C=O) groups is 12. The van der Waals surface area contributed by atoms with Crippen LogP contribution in [0.4, 0.5) is 0 Å². The number of hydrogen-bond acceptors (Lipinski definition) is 39. The number of phenolic OH excluding ortho intramolecular Hbond substituents is 4. The number of hydrogen-bond donors (Lipinski definition) is 22. The molecule has 11 rings (SSSR count). The van der Waals surface area contributed by atoms with Crippen LogP contribution in [-0.2, 0) is 75.0 Å². The molecule has 4 amide bonds. The van der Waals surface area contributed by atoms with Gasteiger partial charge in [0.05, 0.1) is 90.5 Å². The maximum atomic E-state index is 13.9. The molecule has 0 spiro atoms. The van der Waals surface area contributed by atoms with Crippen molar-refractivity contribution in [2.45, 2.75) is 228 Å². The number of ketones is 7. The molecule has 0 radical (unpaired) electrons. The number of aliphatic hydroxyl groups is 6. The molecule has 3 aliphatic heterocycles. The average Bonchev–Trinajstić information content (AvgIpc) is 0.899. The van der Waals surface area contributed by atoms with E-state index in [-0.39, 0.29) is 126 Å². The molecule has 3 heterocycles. The van der Waals surface area contributed by atoms with Crippen LogP contribution in [0.25, 0.3) is 0 Å². The number of aliphatic hydroxyl groups excluding tert-OH is 4. The fourth-order valence-electron chi connectivity index (χ4n) is 16.5. The van der Waals surface area contributed by atoms with Crippen LogP contribution in [0.15, 0.2) is 36.4 Å². The SMILES string of the molecule is C.CNCC(NC)C(NC)C(CNC)NC.COc1cccc2c1C(=O)c1c(O)c3c(c(O)c1C2=O)C[C@@](O)(C(=O)CO)C[C@@H]3OC1C[C@H](NC(=O)CCC(=O)C(C)(C)C)[C@H](O)[C@H](C)O1.COc1cccc2c1C(=O)c1c(O)c3c(c(O)c1C2=O)C[C@@](O)(C(=O)CO)C[C@@H]3OC1C[C@H](NC(=O)CCC(=O)ON2C(=O)CCC2=O)[C@H](O)[C@H](C)O1.NCC(N)C(N)C(N)CN. The molecule has 7 aliphatic rings. The van der Waals surface area contributed by atoms with E-state index in [1.54, 1.807) is 20.8 Å². The third-order valence-electron chi connectivity index (χ3n) is 23.7. The minimum Gasteiger partial charge on any atom is -0.507 e. The molecule has 3 saturated heterocycles. The van der Waals surface area contributed by atoms with Gasteiger partial charge in [-0.1, -0.05) is 52.5 Å². The molecule has 42 heteroatoms. The van der Waals surface area contributed by atoms with E-state index in [1.807, 2.05) is 35.2 Å². The van der Waals surface area contributed by atoms with Crippen LogP contribution in [-0.4, -0.2) is 312 Å². The molecule has 42 nitrogen and oxygen atoms in total. The number of nitrogens with one attached hydrogen (secondary N) is 7. The number of aromatic hydroxyl groups is 4. The number of benzene rings is 4. The Balaban J connectivity index is 0.000000275. The van der Waals surface area contributed by atoms with E-state index in [2.05, 4.69) is 37.2 Å². The summed E-state index contributed by atoms with van der Waals surface area (Å²) in [6, 6.07) is 6.96. The van der Waals surface area contributed by atoms with Crippen molar-refractivity contribution >= 4 is 70.1 Å². The van der Waals surface area contributed by atoms with Gasteiger partial charge in [0.2, 0.25) is 23.4 Å². The fourth-order valence-corrected chi connectivity index (χ4v) is 16.5. The van der Waals surface area contributed by atoms with E-state index in [0.29, 0.717) is 36.3 Å². The van der Waals surface area contributed by atoms with Gasteiger partial charge in [-0.05, 0) is 61.2 Å². The van der Waals surface area contributed by atoms with Crippen molar-refractivity contribution in [2.24, 2.45) is 34.1 Å². The van der Waals surface area contributed by atoms with Crippen LogP contribution >= 0.6 is 0 Å². The number of nitrogens with two attached hydrogens (primary N) is 5. The average molecular weight is 1810 g/mol. The van der Waals surface area contributed by atoms with Crippen molar-refractivity contribution in [3.8, 4) is 34.5 Å². The predicted molar refractivity (Wildman–Crippen MR) is 457 cm³/mol. The highest BCUT2D eigenvalue weighted by Crippen LogP contribution is 2.55. The highest BCUT2D eigenvalue weighted by atomic mass is 16.7. The quantitative estimate of drug-likeness (QED) is 0.0146. The summed E-state index contributed by atoms with van der Waals surface area (Å²) in [5, 5.41) is 132. The summed E-state index contributed by atoms with van der Waals surface area (Å²) in [5.74, 6) is -12.1. The Morgan fingerprint density at radius 2 is 0.930 bits per heavy atom. The molecule has 0 saturated carbocycles. The van der Waals surface area contributed by atoms with Crippen molar-refractivity contribution in [3.05, 3.63) is 103 Å². The Morgan fingerprint density at radius 1 is 0.555 bits per heavy atom. The number of nitrogens with zero attached hydrogens (tertiary/aromatic N) is 1. The number of methoxy groups -OCH3 is 2. The first kappa shape index (κ1) is 105. The highest BCUT2D eigenvalue weighted by molar-refractivity contribution is 6.32. The van der Waals surface area contributed by atoms with Gasteiger partial charge in [0.1, 0.15) is 76.9 Å². The highest BCUT2D eigenvalue weighted by Gasteiger charge is 2.54. The summed E-state index contributed by atoms with van der Waals surface area (Å²) in [6.45, 7) is 8.61. The Hall–Kier alpha value is -9.88. The van der Waals surface area contributed by atoms with E-state index in [4.69, 9.17) is 61.9 Å². The Bertz CT molecular complexity index is 4720. The smallest absolute Gasteiger partial charge is 0.333 e. The van der Waals surface area contributed by atoms with Gasteiger partial charge in [0.25, 0.3) is 11.8 Å². The molecule has 4 aromatic rings. The molecule has 4 aromatic carbocycles. The van der Waals surface area contributed by atoms with Gasteiger partial charge in [-0.25, -0.2) is 4.79 Å². The topological polar surface area (TPSA) is 689 Å². The Labute approximate surface area is 739 Å². The van der Waals surface area contributed by atoms with E-state index >= 15 is 0 Å². The number of rotatable bonds is 32. The molecule has 27 N–H and O–H groups in total. The number of amides is 4. The molecule has 4 aliphatic carbocycles. The van der Waals surface area contributed by atoms with Gasteiger partial charge in [-0.2, -0.15) is 0 Å². The van der Waals surface area contributed by atoms with Crippen LogP contribution in [0.2, 0.25) is 0 Å². The minimum atomic E-state index is -2.39. The van der Waals surface area contributed by atoms with Crippen LogP contribution < -0.4 is 75.4 Å². The van der Waals surface area contributed by atoms with Crippen LogP contribution in [0, 0.1) is 5.41 Å². The monoisotopic (exact) mass is 1800 g/mol. The van der Waals surface area contributed by atoms with Crippen molar-refractivity contribution in [3.63, 3.8) is 0 Å². The van der Waals surface area contributed by atoms with Crippen LogP contribution in [0.1, 0.15) is 204 Å². The van der Waals surface area contributed by atoms with Gasteiger partial charge in [0, 0.05) is 172 Å². The van der Waals surface area contributed by atoms with Gasteiger partial charge in [-0.15, -0.1) is 5.06 Å². The van der Waals surface area contributed by atoms with Crippen molar-refractivity contribution < 1.29 is 142 Å². The van der Waals surface area contributed by atoms with Crippen molar-refractivity contribution in [2.75, 3.05) is 88.9 Å². The summed E-state index contributed by atoms with van der Waals surface area (Å²) in [6.07, 6.45) is -14.2. The number of ether oxygens (including phenoxy) is 6. The minimum absolute atomic E-state index is 0. The van der Waals surface area contributed by atoms with E-state index in [1.165, 1.54) is 64.5 Å². The molecule has 128 heavy (non-hydrogen) atoms. The maximum absolute atomic E-state index is 13.9. The lowest BCUT2D eigenvalue weighted by Gasteiger charge is -2.43. The first-order chi connectivity index (χ1) is 59.9. The van der Waals surface area contributed by atoms with E-state index in [0.717, 1.165) is 13.1 Å². The molecular weight excluding hydrogens is 1680 g/mol. The Morgan fingerprint density at radius 3 is 1.27 bits per heavy atom. The lowest BCUT2D eigenvalue weighted by Crippen LogP contribution is -2.61. The summed E-state index contributed by atoms with van der Waals surface area (Å²) in [5.41, 5.74) is 18.1. The van der Waals surface area contributed by atoms with E-state index in [9.17, 15) is 109 Å². The molecule has 708 valence electrons. The van der Waals surface area contributed by atoms with Gasteiger partial charge < -0.3 is 150 Å². The van der Waals surface area contributed by atoms with Gasteiger partial charge in [0.15, 0.2) is 35.7 Å². The van der Waals surface area contributed by atoms with E-state index < -0.39 is 239 Å².